The molecule has 1 aromatic carbocycles. The lowest BCUT2D eigenvalue weighted by Gasteiger charge is -2.09. The van der Waals surface area contributed by atoms with Gasteiger partial charge >= 0.3 is 0 Å². The van der Waals surface area contributed by atoms with E-state index in [1.54, 1.807) is 0 Å². The van der Waals surface area contributed by atoms with E-state index in [0.29, 0.717) is 5.88 Å². The van der Waals surface area contributed by atoms with E-state index in [4.69, 9.17) is 11.6 Å². The summed E-state index contributed by atoms with van der Waals surface area (Å²) in [5, 5.41) is 4.55. The van der Waals surface area contributed by atoms with Crippen molar-refractivity contribution in [2.45, 2.75) is 39.7 Å². The van der Waals surface area contributed by atoms with Gasteiger partial charge in [0.05, 0.1) is 18.1 Å². The lowest BCUT2D eigenvalue weighted by atomic mass is 10.1. The molecule has 3 rings (SSSR count). The molecule has 0 fully saturated rings. The molecule has 0 aliphatic rings. The van der Waals surface area contributed by atoms with Crippen LogP contribution >= 0.6 is 11.6 Å². The molecule has 0 aliphatic carbocycles. The Morgan fingerprint density at radius 3 is 2.48 bits per heavy atom. The van der Waals surface area contributed by atoms with Crippen LogP contribution in [0.3, 0.4) is 0 Å². The Morgan fingerprint density at radius 2 is 1.86 bits per heavy atom. The first kappa shape index (κ1) is 14.1. The quantitative estimate of drug-likeness (QED) is 0.690. The molecular formula is C16H19ClN4. The summed E-state index contributed by atoms with van der Waals surface area (Å²) in [5.74, 6) is 1.30. The molecular weight excluding hydrogens is 284 g/mol. The number of fused-ring (bicyclic) bond motifs is 1. The smallest absolute Gasteiger partial charge is 0.159 e. The summed E-state index contributed by atoms with van der Waals surface area (Å²) < 4.78 is 4.18. The number of imidazole rings is 1. The van der Waals surface area contributed by atoms with Gasteiger partial charge in [-0.3, -0.25) is 0 Å². The number of aryl methyl sites for hydroxylation is 3. The SMILES string of the molecule is CCn1nc(C)c2nc(CCl)n(Cc3ccc(C)cc3)c21. The molecule has 0 saturated heterocycles. The topological polar surface area (TPSA) is 35.6 Å². The fraction of sp³-hybridized carbons (Fsp3) is 0.375. The Morgan fingerprint density at radius 1 is 1.14 bits per heavy atom. The summed E-state index contributed by atoms with van der Waals surface area (Å²) >= 11 is 6.09. The van der Waals surface area contributed by atoms with Gasteiger partial charge in [-0.15, -0.1) is 11.6 Å². The number of hydrogen-bond acceptors (Lipinski definition) is 2. The summed E-state index contributed by atoms with van der Waals surface area (Å²) in [4.78, 5) is 4.66. The van der Waals surface area contributed by atoms with E-state index < -0.39 is 0 Å². The number of alkyl halides is 1. The first-order chi connectivity index (χ1) is 10.1. The average molecular weight is 303 g/mol. The molecule has 0 bridgehead atoms. The highest BCUT2D eigenvalue weighted by atomic mass is 35.5. The molecule has 0 atom stereocenters. The van der Waals surface area contributed by atoms with Crippen LogP contribution in [0.2, 0.25) is 0 Å². The molecule has 0 unspecified atom stereocenters. The van der Waals surface area contributed by atoms with Gasteiger partial charge in [-0.05, 0) is 26.3 Å². The van der Waals surface area contributed by atoms with E-state index in [0.717, 1.165) is 35.8 Å². The molecule has 0 amide bonds. The van der Waals surface area contributed by atoms with Crippen LogP contribution in [0, 0.1) is 13.8 Å². The molecule has 21 heavy (non-hydrogen) atoms. The summed E-state index contributed by atoms with van der Waals surface area (Å²) in [6, 6.07) is 8.57. The number of halogens is 1. The van der Waals surface area contributed by atoms with Gasteiger partial charge in [0.2, 0.25) is 0 Å². The van der Waals surface area contributed by atoms with Crippen molar-refractivity contribution in [2.24, 2.45) is 0 Å². The molecule has 110 valence electrons. The van der Waals surface area contributed by atoms with Gasteiger partial charge in [-0.1, -0.05) is 29.8 Å². The average Bonchev–Trinajstić information content (AvgIpc) is 3.00. The number of hydrogen-bond donors (Lipinski definition) is 0. The van der Waals surface area contributed by atoms with Crippen molar-refractivity contribution in [1.82, 2.24) is 19.3 Å². The van der Waals surface area contributed by atoms with Crippen LogP contribution in [0.5, 0.6) is 0 Å². The van der Waals surface area contributed by atoms with Crippen LogP contribution in [-0.2, 0) is 19.0 Å². The fourth-order valence-electron chi connectivity index (χ4n) is 2.63. The fourth-order valence-corrected chi connectivity index (χ4v) is 2.84. The Balaban J connectivity index is 2.13. The molecule has 2 aromatic heterocycles. The zero-order chi connectivity index (χ0) is 15.0. The van der Waals surface area contributed by atoms with Crippen LogP contribution in [-0.4, -0.2) is 19.3 Å². The number of nitrogens with zero attached hydrogens (tertiary/aromatic N) is 4. The highest BCUT2D eigenvalue weighted by Gasteiger charge is 2.17. The lowest BCUT2D eigenvalue weighted by molar-refractivity contribution is 0.639. The van der Waals surface area contributed by atoms with Crippen molar-refractivity contribution in [3.8, 4) is 0 Å². The Hall–Kier alpha value is -1.81. The second-order valence-electron chi connectivity index (χ2n) is 5.31. The molecule has 0 saturated carbocycles. The second-order valence-corrected chi connectivity index (χ2v) is 5.57. The van der Waals surface area contributed by atoms with Crippen LogP contribution in [0.15, 0.2) is 24.3 Å². The zero-order valence-electron chi connectivity index (χ0n) is 12.6. The molecule has 3 aromatic rings. The van der Waals surface area contributed by atoms with Crippen molar-refractivity contribution < 1.29 is 0 Å². The van der Waals surface area contributed by atoms with Gasteiger partial charge in [-0.25, -0.2) is 9.67 Å². The van der Waals surface area contributed by atoms with Crippen molar-refractivity contribution in [1.29, 1.82) is 0 Å². The lowest BCUT2D eigenvalue weighted by Crippen LogP contribution is -2.09. The minimum Gasteiger partial charge on any atom is -0.307 e. The number of aromatic nitrogens is 4. The Kier molecular flexibility index (Phi) is 3.72. The zero-order valence-corrected chi connectivity index (χ0v) is 13.4. The van der Waals surface area contributed by atoms with Crippen molar-refractivity contribution >= 4 is 22.8 Å². The van der Waals surface area contributed by atoms with Crippen LogP contribution in [0.1, 0.15) is 29.6 Å². The molecule has 0 radical (unpaired) electrons. The van der Waals surface area contributed by atoms with Gasteiger partial charge in [0.1, 0.15) is 11.3 Å². The molecule has 0 aliphatic heterocycles. The number of benzene rings is 1. The maximum Gasteiger partial charge on any atom is 0.159 e. The van der Waals surface area contributed by atoms with Gasteiger partial charge in [0.25, 0.3) is 0 Å². The standard InChI is InChI=1S/C16H19ClN4/c1-4-21-16-15(12(3)19-21)18-14(9-17)20(16)10-13-7-5-11(2)6-8-13/h5-8H,4,9-10H2,1-3H3. The summed E-state index contributed by atoms with van der Waals surface area (Å²) in [5.41, 5.74) is 5.49. The highest BCUT2D eigenvalue weighted by Crippen LogP contribution is 2.22. The minimum atomic E-state index is 0.406. The van der Waals surface area contributed by atoms with E-state index >= 15 is 0 Å². The molecule has 5 heteroatoms. The second kappa shape index (κ2) is 5.53. The monoisotopic (exact) mass is 302 g/mol. The third kappa shape index (κ3) is 2.44. The van der Waals surface area contributed by atoms with E-state index in [-0.39, 0.29) is 0 Å². The Bertz CT molecular complexity index is 768. The van der Waals surface area contributed by atoms with E-state index in [1.807, 2.05) is 11.6 Å². The van der Waals surface area contributed by atoms with Gasteiger partial charge in [0.15, 0.2) is 5.65 Å². The maximum atomic E-state index is 6.09. The minimum absolute atomic E-state index is 0.406. The number of rotatable bonds is 4. The summed E-state index contributed by atoms with van der Waals surface area (Å²) in [7, 11) is 0. The Labute approximate surface area is 129 Å². The third-order valence-electron chi connectivity index (χ3n) is 3.76. The van der Waals surface area contributed by atoms with E-state index in [1.165, 1.54) is 11.1 Å². The van der Waals surface area contributed by atoms with Crippen LogP contribution in [0.25, 0.3) is 11.2 Å². The molecule has 4 nitrogen and oxygen atoms in total. The summed E-state index contributed by atoms with van der Waals surface area (Å²) in [6.45, 7) is 7.78. The van der Waals surface area contributed by atoms with Gasteiger partial charge in [-0.2, -0.15) is 5.10 Å². The van der Waals surface area contributed by atoms with E-state index in [9.17, 15) is 0 Å². The normalized spacial score (nSPS) is 11.4. The molecule has 2 heterocycles. The van der Waals surface area contributed by atoms with Crippen LogP contribution in [0.4, 0.5) is 0 Å². The maximum absolute atomic E-state index is 6.09. The van der Waals surface area contributed by atoms with Crippen molar-refractivity contribution in [2.75, 3.05) is 0 Å². The van der Waals surface area contributed by atoms with Gasteiger partial charge < -0.3 is 4.57 Å². The predicted molar refractivity (Wildman–Crippen MR) is 85.8 cm³/mol. The third-order valence-corrected chi connectivity index (χ3v) is 4.00. The van der Waals surface area contributed by atoms with E-state index in [2.05, 4.69) is 52.8 Å². The van der Waals surface area contributed by atoms with Crippen molar-refractivity contribution in [3.63, 3.8) is 0 Å². The highest BCUT2D eigenvalue weighted by molar-refractivity contribution is 6.16. The first-order valence-electron chi connectivity index (χ1n) is 7.18. The largest absolute Gasteiger partial charge is 0.307 e. The summed E-state index contributed by atoms with van der Waals surface area (Å²) in [6.07, 6.45) is 0. The molecule has 0 spiro atoms. The molecule has 0 N–H and O–H groups in total. The van der Waals surface area contributed by atoms with Gasteiger partial charge in [0, 0.05) is 6.54 Å². The predicted octanol–water partition coefficient (Wildman–Crippen LogP) is 3.66. The van der Waals surface area contributed by atoms with Crippen LogP contribution < -0.4 is 0 Å². The first-order valence-corrected chi connectivity index (χ1v) is 7.71. The van der Waals surface area contributed by atoms with Crippen molar-refractivity contribution in [3.05, 3.63) is 46.9 Å².